The molecule has 0 aromatic heterocycles. The van der Waals surface area contributed by atoms with Crippen LogP contribution in [0.2, 0.25) is 0 Å². The minimum atomic E-state index is -0.550. The fourth-order valence-electron chi connectivity index (χ4n) is 1.03. The molecule has 1 aromatic carbocycles. The quantitative estimate of drug-likeness (QED) is 0.375. The van der Waals surface area contributed by atoms with Crippen LogP contribution >= 0.6 is 0 Å². The molecule has 0 aliphatic carbocycles. The van der Waals surface area contributed by atoms with Crippen LogP contribution in [0.4, 0.5) is 0 Å². The molecule has 12 heavy (non-hydrogen) atoms. The third kappa shape index (κ3) is 1.28. The standard InChI is InChI=1S/C8H4O3.Pb.2H/c9-7-5-3-1-2-4-6(5)8(10)11-7;;;/h1-4H;;;. The first-order valence-electron chi connectivity index (χ1n) is 3.14. The number of carbonyl (C=O) groups excluding carboxylic acids is 2. The monoisotopic (exact) mass is 358 g/mol. The number of esters is 2. The number of hydrogen-bond acceptors (Lipinski definition) is 3. The van der Waals surface area contributed by atoms with Crippen molar-refractivity contribution in [2.24, 2.45) is 0 Å². The molecule has 4 heteroatoms. The first-order chi connectivity index (χ1) is 5.29. The van der Waals surface area contributed by atoms with E-state index < -0.39 is 11.9 Å². The predicted molar refractivity (Wildman–Crippen MR) is 44.7 cm³/mol. The summed E-state index contributed by atoms with van der Waals surface area (Å²) in [4.78, 5) is 21.7. The van der Waals surface area contributed by atoms with Crippen molar-refractivity contribution >= 4 is 39.2 Å². The van der Waals surface area contributed by atoms with Crippen molar-refractivity contribution in [3.05, 3.63) is 35.4 Å². The number of carbonyl (C=O) groups is 2. The second-order valence-electron chi connectivity index (χ2n) is 2.22. The maximum absolute atomic E-state index is 10.8. The minimum absolute atomic E-state index is 0. The van der Waals surface area contributed by atoms with E-state index >= 15 is 0 Å². The maximum atomic E-state index is 10.8. The Kier molecular flexibility index (Phi) is 2.61. The van der Waals surface area contributed by atoms with Crippen LogP contribution in [0.3, 0.4) is 0 Å². The molecule has 0 fully saturated rings. The van der Waals surface area contributed by atoms with Gasteiger partial charge in [0.25, 0.3) is 0 Å². The molecule has 2 rings (SSSR count). The van der Waals surface area contributed by atoms with Gasteiger partial charge < -0.3 is 4.74 Å². The summed E-state index contributed by atoms with van der Waals surface area (Å²) in [6.07, 6.45) is 0. The average Bonchev–Trinajstić information content (AvgIpc) is 2.30. The molecule has 0 N–H and O–H groups in total. The van der Waals surface area contributed by atoms with Crippen molar-refractivity contribution in [2.75, 3.05) is 0 Å². The van der Waals surface area contributed by atoms with E-state index in [0.717, 1.165) is 0 Å². The molecule has 60 valence electrons. The van der Waals surface area contributed by atoms with Crippen molar-refractivity contribution < 1.29 is 14.3 Å². The number of fused-ring (bicyclic) bond motifs is 1. The van der Waals surface area contributed by atoms with Gasteiger partial charge in [-0.15, -0.1) is 0 Å². The van der Waals surface area contributed by atoms with E-state index in [-0.39, 0.29) is 27.3 Å². The van der Waals surface area contributed by atoms with Gasteiger partial charge in [-0.1, -0.05) is 12.1 Å². The molecule has 0 saturated carbocycles. The summed E-state index contributed by atoms with van der Waals surface area (Å²) in [5.74, 6) is -1.10. The number of ether oxygens (including phenoxy) is 1. The van der Waals surface area contributed by atoms with E-state index in [4.69, 9.17) is 0 Å². The summed E-state index contributed by atoms with van der Waals surface area (Å²) in [5, 5.41) is 0. The number of cyclic esters (lactones) is 2. The Morgan fingerprint density at radius 3 is 1.75 bits per heavy atom. The van der Waals surface area contributed by atoms with Gasteiger partial charge >= 0.3 is 39.2 Å². The molecular weight excluding hydrogens is 351 g/mol. The number of hydrogen-bond donors (Lipinski definition) is 0. The Morgan fingerprint density at radius 1 is 0.917 bits per heavy atom. The molecule has 1 aromatic rings. The Bertz CT molecular complexity index is 313. The van der Waals surface area contributed by atoms with Gasteiger partial charge in [-0.05, 0) is 12.1 Å². The van der Waals surface area contributed by atoms with Crippen LogP contribution in [0.1, 0.15) is 20.7 Å². The van der Waals surface area contributed by atoms with E-state index in [0.29, 0.717) is 11.1 Å². The third-order valence-corrected chi connectivity index (χ3v) is 1.55. The second kappa shape index (κ2) is 3.34. The van der Waals surface area contributed by atoms with Gasteiger partial charge in [0.15, 0.2) is 0 Å². The van der Waals surface area contributed by atoms with Crippen molar-refractivity contribution in [3.8, 4) is 0 Å². The summed E-state index contributed by atoms with van der Waals surface area (Å²) < 4.78 is 4.35. The first-order valence-corrected chi connectivity index (χ1v) is 3.14. The number of rotatable bonds is 0. The van der Waals surface area contributed by atoms with E-state index in [1.165, 1.54) is 0 Å². The Balaban J connectivity index is 0.000000720. The summed E-state index contributed by atoms with van der Waals surface area (Å²) in [5.41, 5.74) is 0.718. The van der Waals surface area contributed by atoms with Gasteiger partial charge in [0.1, 0.15) is 0 Å². The molecule has 1 aliphatic rings. The van der Waals surface area contributed by atoms with Crippen molar-refractivity contribution in [1.29, 1.82) is 0 Å². The van der Waals surface area contributed by atoms with Gasteiger partial charge in [-0.25, -0.2) is 9.59 Å². The zero-order valence-corrected chi connectivity index (χ0v) is 11.7. The Labute approximate surface area is 88.9 Å². The summed E-state index contributed by atoms with van der Waals surface area (Å²) in [6, 6.07) is 6.53. The predicted octanol–water partition coefficient (Wildman–Crippen LogP) is 0.0810. The van der Waals surface area contributed by atoms with Gasteiger partial charge in [-0.3, -0.25) is 0 Å². The van der Waals surface area contributed by atoms with Gasteiger partial charge in [0.2, 0.25) is 0 Å². The van der Waals surface area contributed by atoms with Crippen molar-refractivity contribution in [3.63, 3.8) is 0 Å². The molecule has 0 atom stereocenters. The van der Waals surface area contributed by atoms with Crippen molar-refractivity contribution in [2.45, 2.75) is 0 Å². The second-order valence-corrected chi connectivity index (χ2v) is 2.22. The van der Waals surface area contributed by atoms with Crippen LogP contribution in [-0.2, 0) is 4.74 Å². The number of benzene rings is 1. The molecule has 0 saturated heterocycles. The third-order valence-electron chi connectivity index (χ3n) is 1.55. The van der Waals surface area contributed by atoms with Gasteiger partial charge in [0.05, 0.1) is 11.1 Å². The van der Waals surface area contributed by atoms with Crippen LogP contribution in [0, 0.1) is 0 Å². The molecule has 2 radical (unpaired) electrons. The van der Waals surface area contributed by atoms with Crippen LogP contribution in [-0.4, -0.2) is 39.2 Å². The van der Waals surface area contributed by atoms with Crippen LogP contribution in [0.15, 0.2) is 24.3 Å². The van der Waals surface area contributed by atoms with Crippen LogP contribution < -0.4 is 0 Å². The SMILES string of the molecule is O=C1OC(=O)c2ccccc21.[PbH2]. The summed E-state index contributed by atoms with van der Waals surface area (Å²) >= 11 is 0. The molecular formula is C8H6O3Pb. The molecule has 1 heterocycles. The molecule has 0 unspecified atom stereocenters. The fraction of sp³-hybridized carbons (Fsp3) is 0. The first kappa shape index (κ1) is 9.37. The van der Waals surface area contributed by atoms with E-state index in [1.807, 2.05) is 0 Å². The molecule has 0 amide bonds. The zero-order chi connectivity index (χ0) is 7.84. The normalized spacial score (nSPS) is 13.3. The Hall–Kier alpha value is -0.718. The van der Waals surface area contributed by atoms with E-state index in [2.05, 4.69) is 4.74 Å². The summed E-state index contributed by atoms with van der Waals surface area (Å²) in [6.45, 7) is 0. The van der Waals surface area contributed by atoms with Gasteiger partial charge in [0, 0.05) is 0 Å². The molecule has 1 aliphatic heterocycles. The zero-order valence-electron chi connectivity index (χ0n) is 6.24. The fourth-order valence-corrected chi connectivity index (χ4v) is 1.03. The van der Waals surface area contributed by atoms with Crippen molar-refractivity contribution in [1.82, 2.24) is 0 Å². The molecule has 0 bridgehead atoms. The molecule has 3 nitrogen and oxygen atoms in total. The van der Waals surface area contributed by atoms with Crippen LogP contribution in [0.5, 0.6) is 0 Å². The topological polar surface area (TPSA) is 43.4 Å². The summed E-state index contributed by atoms with van der Waals surface area (Å²) in [7, 11) is 0. The van der Waals surface area contributed by atoms with E-state index in [9.17, 15) is 9.59 Å². The average molecular weight is 357 g/mol. The van der Waals surface area contributed by atoms with Gasteiger partial charge in [-0.2, -0.15) is 0 Å². The Morgan fingerprint density at radius 2 is 1.33 bits per heavy atom. The molecule has 0 spiro atoms. The van der Waals surface area contributed by atoms with Crippen LogP contribution in [0.25, 0.3) is 0 Å². The van der Waals surface area contributed by atoms with E-state index in [1.54, 1.807) is 24.3 Å².